The van der Waals surface area contributed by atoms with E-state index in [0.717, 1.165) is 25.7 Å². The molecule has 136 valence electrons. The van der Waals surface area contributed by atoms with Crippen LogP contribution in [0.15, 0.2) is 11.5 Å². The number of hydrogen-bond donors (Lipinski definition) is 1. The van der Waals surface area contributed by atoms with Gasteiger partial charge in [0.1, 0.15) is 5.71 Å². The zero-order valence-electron chi connectivity index (χ0n) is 14.9. The minimum absolute atomic E-state index is 0.0199. The van der Waals surface area contributed by atoms with Crippen LogP contribution >= 0.6 is 11.8 Å². The highest BCUT2D eigenvalue weighted by Gasteiger charge is 2.49. The van der Waals surface area contributed by atoms with Crippen LogP contribution in [0.1, 0.15) is 46.0 Å². The van der Waals surface area contributed by atoms with Crippen molar-refractivity contribution in [3.63, 3.8) is 0 Å². The molecular weight excluding hydrogens is 338 g/mol. The summed E-state index contributed by atoms with van der Waals surface area (Å²) < 4.78 is 1.48. The Morgan fingerprint density at radius 3 is 2.72 bits per heavy atom. The van der Waals surface area contributed by atoms with E-state index < -0.39 is 5.25 Å². The number of hydrogen-bond acceptors (Lipinski definition) is 4. The first-order valence-corrected chi connectivity index (χ1v) is 10.0. The Kier molecular flexibility index (Phi) is 5.61. The molecular formula is C18H26N3O3S+. The molecule has 3 rings (SSSR count). The van der Waals surface area contributed by atoms with Crippen LogP contribution in [0.5, 0.6) is 0 Å². The van der Waals surface area contributed by atoms with Gasteiger partial charge in [-0.15, -0.1) is 11.8 Å². The van der Waals surface area contributed by atoms with E-state index >= 15 is 0 Å². The molecule has 4 amide bonds. The van der Waals surface area contributed by atoms with Gasteiger partial charge in [-0.1, -0.05) is 33.1 Å². The Morgan fingerprint density at radius 2 is 2.04 bits per heavy atom. The van der Waals surface area contributed by atoms with Crippen LogP contribution in [0.3, 0.4) is 0 Å². The second kappa shape index (κ2) is 7.72. The Balaban J connectivity index is 1.76. The van der Waals surface area contributed by atoms with Crippen molar-refractivity contribution in [2.75, 3.05) is 13.1 Å². The normalized spacial score (nSPS) is 24.3. The van der Waals surface area contributed by atoms with E-state index in [1.165, 1.54) is 27.7 Å². The largest absolute Gasteiger partial charge is 0.501 e. The molecule has 1 atom stereocenters. The SMILES string of the molecule is CC(C)CN1C(=O)C2SC=CC2=[N+](CC(=O)NC2CCCCC2)C1=O. The quantitative estimate of drug-likeness (QED) is 0.759. The van der Waals surface area contributed by atoms with Crippen molar-refractivity contribution in [1.29, 1.82) is 0 Å². The molecule has 1 unspecified atom stereocenters. The summed E-state index contributed by atoms with van der Waals surface area (Å²) in [7, 11) is 0. The van der Waals surface area contributed by atoms with E-state index in [4.69, 9.17) is 0 Å². The Hall–Kier alpha value is -1.63. The number of fused-ring (bicyclic) bond motifs is 1. The molecule has 6 nitrogen and oxygen atoms in total. The highest BCUT2D eigenvalue weighted by Crippen LogP contribution is 2.28. The number of amides is 4. The van der Waals surface area contributed by atoms with Crippen molar-refractivity contribution >= 4 is 35.3 Å². The number of rotatable bonds is 5. The van der Waals surface area contributed by atoms with Crippen molar-refractivity contribution in [1.82, 2.24) is 10.2 Å². The third-order valence-corrected chi connectivity index (χ3v) is 5.81. The summed E-state index contributed by atoms with van der Waals surface area (Å²) in [5.74, 6) is -0.130. The van der Waals surface area contributed by atoms with Gasteiger partial charge in [0.25, 0.3) is 5.91 Å². The molecule has 1 N–H and O–H groups in total. The zero-order chi connectivity index (χ0) is 18.0. The first-order valence-electron chi connectivity index (χ1n) is 9.08. The lowest BCUT2D eigenvalue weighted by molar-refractivity contribution is -0.427. The van der Waals surface area contributed by atoms with Gasteiger partial charge in [-0.2, -0.15) is 14.3 Å². The van der Waals surface area contributed by atoms with Gasteiger partial charge in [0.05, 0.1) is 6.54 Å². The lowest BCUT2D eigenvalue weighted by atomic mass is 9.95. The minimum atomic E-state index is -0.404. The van der Waals surface area contributed by atoms with E-state index in [1.54, 1.807) is 6.08 Å². The summed E-state index contributed by atoms with van der Waals surface area (Å²) >= 11 is 1.40. The molecule has 0 bridgehead atoms. The van der Waals surface area contributed by atoms with Gasteiger partial charge in [-0.3, -0.25) is 4.79 Å². The van der Waals surface area contributed by atoms with Crippen molar-refractivity contribution in [2.24, 2.45) is 5.92 Å². The Labute approximate surface area is 152 Å². The summed E-state index contributed by atoms with van der Waals surface area (Å²) in [5, 5.41) is 4.48. The second-order valence-electron chi connectivity index (χ2n) is 7.36. The van der Waals surface area contributed by atoms with Gasteiger partial charge in [0, 0.05) is 6.04 Å². The predicted octanol–water partition coefficient (Wildman–Crippen LogP) is 2.14. The monoisotopic (exact) mass is 364 g/mol. The molecule has 25 heavy (non-hydrogen) atoms. The number of nitrogens with zero attached hydrogens (tertiary/aromatic N) is 2. The number of nitrogens with one attached hydrogen (secondary N) is 1. The maximum absolute atomic E-state index is 12.8. The van der Waals surface area contributed by atoms with Gasteiger partial charge in [-0.25, -0.2) is 4.79 Å². The van der Waals surface area contributed by atoms with E-state index in [9.17, 15) is 14.4 Å². The first-order chi connectivity index (χ1) is 12.0. The highest BCUT2D eigenvalue weighted by molar-refractivity contribution is 8.04. The third-order valence-electron chi connectivity index (χ3n) is 4.81. The lowest BCUT2D eigenvalue weighted by Crippen LogP contribution is -2.57. The molecule has 0 aromatic rings. The minimum Gasteiger partial charge on any atom is -0.350 e. The van der Waals surface area contributed by atoms with Crippen LogP contribution in [0, 0.1) is 5.92 Å². The molecule has 0 saturated heterocycles. The van der Waals surface area contributed by atoms with Crippen LogP contribution in [0.2, 0.25) is 0 Å². The van der Waals surface area contributed by atoms with Gasteiger partial charge >= 0.3 is 11.9 Å². The van der Waals surface area contributed by atoms with Gasteiger partial charge in [-0.05, 0) is 30.2 Å². The Bertz CT molecular complexity index is 635. The number of allylic oxidation sites excluding steroid dienone is 1. The smallest absolute Gasteiger partial charge is 0.350 e. The summed E-state index contributed by atoms with van der Waals surface area (Å²) in [6.45, 7) is 4.30. The van der Waals surface area contributed by atoms with Crippen molar-refractivity contribution < 1.29 is 19.0 Å². The molecule has 0 radical (unpaired) electrons. The highest BCUT2D eigenvalue weighted by atomic mass is 32.2. The number of carbonyl (C=O) groups excluding carboxylic acids is 3. The molecule has 3 aliphatic rings. The van der Waals surface area contributed by atoms with Crippen molar-refractivity contribution in [3.8, 4) is 0 Å². The molecule has 2 aliphatic heterocycles. The average Bonchev–Trinajstić information content (AvgIpc) is 3.06. The average molecular weight is 364 g/mol. The molecule has 1 aliphatic carbocycles. The summed E-state index contributed by atoms with van der Waals surface area (Å²) in [6, 6.07) is -0.167. The lowest BCUT2D eigenvalue weighted by Gasteiger charge is -2.26. The van der Waals surface area contributed by atoms with E-state index in [0.29, 0.717) is 12.3 Å². The Morgan fingerprint density at radius 1 is 1.32 bits per heavy atom. The number of carbonyl (C=O) groups is 3. The van der Waals surface area contributed by atoms with E-state index in [2.05, 4.69) is 5.32 Å². The summed E-state index contributed by atoms with van der Waals surface area (Å²) in [4.78, 5) is 39.2. The first kappa shape index (κ1) is 18.2. The third kappa shape index (κ3) is 3.97. The van der Waals surface area contributed by atoms with Crippen molar-refractivity contribution in [3.05, 3.63) is 11.5 Å². The summed E-state index contributed by atoms with van der Waals surface area (Å²) in [5.41, 5.74) is 0.638. The molecule has 1 saturated carbocycles. The fourth-order valence-corrected chi connectivity index (χ4v) is 4.57. The summed E-state index contributed by atoms with van der Waals surface area (Å²) in [6.07, 6.45) is 7.31. The number of imide groups is 1. The van der Waals surface area contributed by atoms with E-state index in [-0.39, 0.29) is 36.3 Å². The maximum Gasteiger partial charge on any atom is 0.501 e. The standard InChI is InChI=1S/C18H25N3O3S/c1-12(2)10-21-17(23)16-14(8-9-25-16)20(18(21)24)11-15(22)19-13-6-4-3-5-7-13/h8-9,12-13,16H,3-7,10-11H2,1-2H3/p+1. The van der Waals surface area contributed by atoms with E-state index in [1.807, 2.05) is 19.3 Å². The van der Waals surface area contributed by atoms with Gasteiger partial charge in [0.2, 0.25) is 0 Å². The predicted molar refractivity (Wildman–Crippen MR) is 97.6 cm³/mol. The molecule has 0 spiro atoms. The van der Waals surface area contributed by atoms with Crippen molar-refractivity contribution in [2.45, 2.75) is 57.2 Å². The number of urea groups is 1. The molecule has 1 fully saturated rings. The maximum atomic E-state index is 12.8. The number of thioether (sulfide) groups is 1. The zero-order valence-corrected chi connectivity index (χ0v) is 15.7. The van der Waals surface area contributed by atoms with Crippen LogP contribution in [-0.2, 0) is 9.59 Å². The van der Waals surface area contributed by atoms with Gasteiger partial charge < -0.3 is 5.32 Å². The topological polar surface area (TPSA) is 69.5 Å². The molecule has 0 aromatic carbocycles. The fourth-order valence-electron chi connectivity index (χ4n) is 3.61. The molecule has 2 heterocycles. The van der Waals surface area contributed by atoms with Crippen LogP contribution in [0.4, 0.5) is 4.79 Å². The van der Waals surface area contributed by atoms with Crippen LogP contribution < -0.4 is 5.32 Å². The van der Waals surface area contributed by atoms with Crippen LogP contribution in [0.25, 0.3) is 0 Å². The molecule has 7 heteroatoms. The fraction of sp³-hybridized carbons (Fsp3) is 0.667. The van der Waals surface area contributed by atoms with Gasteiger partial charge in [0.15, 0.2) is 11.8 Å². The van der Waals surface area contributed by atoms with Crippen LogP contribution in [-0.4, -0.2) is 57.4 Å². The molecule has 0 aromatic heterocycles. The second-order valence-corrected chi connectivity index (χ2v) is 8.37.